The first kappa shape index (κ1) is 17.5. The van der Waals surface area contributed by atoms with Crippen molar-refractivity contribution in [3.8, 4) is 0 Å². The Morgan fingerprint density at radius 3 is 2.72 bits per heavy atom. The summed E-state index contributed by atoms with van der Waals surface area (Å²) >= 11 is 0. The van der Waals surface area contributed by atoms with Crippen LogP contribution in [0.25, 0.3) is 0 Å². The van der Waals surface area contributed by atoms with E-state index in [4.69, 9.17) is 4.74 Å². The van der Waals surface area contributed by atoms with Crippen LogP contribution in [-0.2, 0) is 14.8 Å². The van der Waals surface area contributed by atoms with E-state index in [2.05, 4.69) is 0 Å². The summed E-state index contributed by atoms with van der Waals surface area (Å²) in [4.78, 5) is 12.6. The maximum atomic E-state index is 13.7. The zero-order valence-corrected chi connectivity index (χ0v) is 14.7. The average Bonchev–Trinajstić information content (AvgIpc) is 2.73. The maximum absolute atomic E-state index is 13.7. The number of ether oxygens (including phenoxy) is 1. The topological polar surface area (TPSA) is 87.2 Å². The molecule has 2 aliphatic heterocycles. The first-order valence-electron chi connectivity index (χ1n) is 7.78. The molecule has 3 rings (SSSR count). The van der Waals surface area contributed by atoms with E-state index in [0.717, 1.165) is 15.8 Å². The third kappa shape index (κ3) is 2.72. The molecule has 0 radical (unpaired) electrons. The molecular formula is C16H19FN2O5S. The van der Waals surface area contributed by atoms with Gasteiger partial charge >= 0.3 is 6.09 Å². The summed E-state index contributed by atoms with van der Waals surface area (Å²) in [6.45, 7) is 1.87. The number of hydrogen-bond donors (Lipinski definition) is 1. The molecule has 1 fully saturated rings. The molecule has 0 aromatic heterocycles. The van der Waals surface area contributed by atoms with E-state index in [9.17, 15) is 22.7 Å². The fraction of sp³-hybridized carbons (Fsp3) is 0.438. The van der Waals surface area contributed by atoms with Crippen molar-refractivity contribution in [2.75, 3.05) is 18.0 Å². The zero-order chi connectivity index (χ0) is 18.4. The number of halogens is 1. The first-order chi connectivity index (χ1) is 11.7. The summed E-state index contributed by atoms with van der Waals surface area (Å²) in [6.07, 6.45) is -0.614. The summed E-state index contributed by atoms with van der Waals surface area (Å²) in [6, 6.07) is 4.92. The molecule has 1 N–H and O–H groups in total. The minimum atomic E-state index is -3.87. The van der Waals surface area contributed by atoms with Crippen LogP contribution >= 0.6 is 0 Å². The summed E-state index contributed by atoms with van der Waals surface area (Å²) in [5, 5.41) is 10.3. The molecule has 0 saturated carbocycles. The fourth-order valence-electron chi connectivity index (χ4n) is 3.80. The van der Waals surface area contributed by atoms with Gasteiger partial charge in [0.2, 0.25) is 0 Å². The average molecular weight is 370 g/mol. The molecule has 0 unspecified atom stereocenters. The van der Waals surface area contributed by atoms with Gasteiger partial charge in [-0.25, -0.2) is 17.6 Å². The Morgan fingerprint density at radius 2 is 2.16 bits per heavy atom. The molecule has 1 aromatic carbocycles. The molecule has 2 atom stereocenters. The van der Waals surface area contributed by atoms with E-state index in [1.54, 1.807) is 6.92 Å². The Morgan fingerprint density at radius 1 is 1.44 bits per heavy atom. The van der Waals surface area contributed by atoms with Crippen LogP contribution in [0, 0.1) is 5.82 Å². The van der Waals surface area contributed by atoms with Crippen molar-refractivity contribution < 1.29 is 27.4 Å². The number of methoxy groups -OCH3 is 1. The third-order valence-electron chi connectivity index (χ3n) is 4.80. The van der Waals surface area contributed by atoms with Crippen molar-refractivity contribution in [3.05, 3.63) is 41.2 Å². The van der Waals surface area contributed by atoms with Gasteiger partial charge in [0.15, 0.2) is 0 Å². The Kier molecular flexibility index (Phi) is 4.14. The number of anilines is 1. The van der Waals surface area contributed by atoms with Gasteiger partial charge in [-0.05, 0) is 38.0 Å². The number of likely N-dealkylation sites (tertiary alicyclic amines) is 1. The molecule has 0 bridgehead atoms. The number of amides is 1. The molecule has 25 heavy (non-hydrogen) atoms. The molecular weight excluding hydrogens is 351 g/mol. The smallest absolute Gasteiger partial charge is 0.407 e. The van der Waals surface area contributed by atoms with Crippen LogP contribution in [0.2, 0.25) is 0 Å². The van der Waals surface area contributed by atoms with Crippen LogP contribution < -0.4 is 4.31 Å². The van der Waals surface area contributed by atoms with Gasteiger partial charge in [0.1, 0.15) is 17.1 Å². The van der Waals surface area contributed by atoms with Crippen LogP contribution in [0.3, 0.4) is 0 Å². The molecule has 136 valence electrons. The molecule has 2 heterocycles. The molecule has 9 heteroatoms. The molecule has 1 spiro atoms. The van der Waals surface area contributed by atoms with Gasteiger partial charge in [-0.2, -0.15) is 0 Å². The van der Waals surface area contributed by atoms with Gasteiger partial charge in [0.05, 0.1) is 18.2 Å². The number of carbonyl (C=O) groups is 1. The fourth-order valence-corrected chi connectivity index (χ4v) is 5.64. The molecule has 2 aliphatic rings. The van der Waals surface area contributed by atoms with E-state index in [-0.39, 0.29) is 30.8 Å². The van der Waals surface area contributed by atoms with Gasteiger partial charge in [-0.3, -0.25) is 4.31 Å². The number of sulfonamides is 1. The second-order valence-electron chi connectivity index (χ2n) is 6.29. The molecule has 7 nitrogen and oxygen atoms in total. The van der Waals surface area contributed by atoms with Crippen molar-refractivity contribution in [3.63, 3.8) is 0 Å². The predicted molar refractivity (Wildman–Crippen MR) is 89.0 cm³/mol. The minimum absolute atomic E-state index is 0.151. The highest BCUT2D eigenvalue weighted by atomic mass is 32.2. The lowest BCUT2D eigenvalue weighted by atomic mass is 9.82. The third-order valence-corrected chi connectivity index (χ3v) is 6.38. The standard InChI is InChI=1S/C16H19FN2O5S/c1-11-9-16(6-7-18(11)15(20)21)14(24-2)10-25(22,23)19(16)13-5-3-4-12(17)8-13/h3-5,8,10-11H,6-7,9H2,1-2H3,(H,20,21)/t11-,16+/m0/s1. The van der Waals surface area contributed by atoms with Gasteiger partial charge in [-0.15, -0.1) is 0 Å². The highest BCUT2D eigenvalue weighted by Crippen LogP contribution is 2.47. The largest absolute Gasteiger partial charge is 0.498 e. The number of nitrogens with zero attached hydrogens (tertiary/aromatic N) is 2. The van der Waals surface area contributed by atoms with Crippen LogP contribution in [0.5, 0.6) is 0 Å². The Balaban J connectivity index is 2.11. The molecule has 1 aromatic rings. The number of hydrogen-bond acceptors (Lipinski definition) is 4. The van der Waals surface area contributed by atoms with Crippen LogP contribution in [-0.4, -0.2) is 49.8 Å². The Labute approximate surface area is 145 Å². The second kappa shape index (κ2) is 5.91. The minimum Gasteiger partial charge on any atom is -0.498 e. The van der Waals surface area contributed by atoms with Gasteiger partial charge in [0, 0.05) is 12.6 Å². The number of rotatable bonds is 2. The lowest BCUT2D eigenvalue weighted by Gasteiger charge is -2.47. The molecule has 1 saturated heterocycles. The highest BCUT2D eigenvalue weighted by Gasteiger charge is 2.56. The lowest BCUT2D eigenvalue weighted by molar-refractivity contribution is 0.0818. The molecule has 1 amide bonds. The Bertz CT molecular complexity index is 841. The quantitative estimate of drug-likeness (QED) is 0.864. The van der Waals surface area contributed by atoms with Gasteiger partial charge in [0.25, 0.3) is 10.0 Å². The zero-order valence-electron chi connectivity index (χ0n) is 13.8. The predicted octanol–water partition coefficient (Wildman–Crippen LogP) is 2.36. The SMILES string of the molecule is COC1=CS(=O)(=O)N(c2cccc(F)c2)[C@@]12CCN(C(=O)O)[C@@H](C)C2. The summed E-state index contributed by atoms with van der Waals surface area (Å²) in [7, 11) is -2.49. The van der Waals surface area contributed by atoms with Crippen LogP contribution in [0.1, 0.15) is 19.8 Å². The van der Waals surface area contributed by atoms with E-state index in [1.165, 1.54) is 30.2 Å². The summed E-state index contributed by atoms with van der Waals surface area (Å²) in [5.74, 6) is -0.307. The summed E-state index contributed by atoms with van der Waals surface area (Å²) in [5.41, 5.74) is -0.869. The second-order valence-corrected chi connectivity index (χ2v) is 7.92. The van der Waals surface area contributed by atoms with E-state index < -0.39 is 33.5 Å². The normalized spacial score (nSPS) is 28.1. The van der Waals surface area contributed by atoms with Crippen LogP contribution in [0.4, 0.5) is 14.9 Å². The van der Waals surface area contributed by atoms with Crippen molar-refractivity contribution in [1.29, 1.82) is 0 Å². The van der Waals surface area contributed by atoms with Crippen molar-refractivity contribution in [2.24, 2.45) is 0 Å². The van der Waals surface area contributed by atoms with Crippen molar-refractivity contribution in [2.45, 2.75) is 31.3 Å². The highest BCUT2D eigenvalue weighted by molar-refractivity contribution is 7.96. The lowest BCUT2D eigenvalue weighted by Crippen LogP contribution is -2.59. The monoisotopic (exact) mass is 370 g/mol. The van der Waals surface area contributed by atoms with Crippen molar-refractivity contribution in [1.82, 2.24) is 4.90 Å². The van der Waals surface area contributed by atoms with Crippen molar-refractivity contribution >= 4 is 21.8 Å². The number of benzene rings is 1. The van der Waals surface area contributed by atoms with E-state index in [0.29, 0.717) is 0 Å². The number of piperidine rings is 1. The van der Waals surface area contributed by atoms with Crippen LogP contribution in [0.15, 0.2) is 35.4 Å². The number of carboxylic acid groups (broad SMARTS) is 1. The summed E-state index contributed by atoms with van der Waals surface area (Å²) < 4.78 is 45.7. The maximum Gasteiger partial charge on any atom is 0.407 e. The van der Waals surface area contributed by atoms with E-state index in [1.807, 2.05) is 0 Å². The Hall–Kier alpha value is -2.29. The van der Waals surface area contributed by atoms with Gasteiger partial charge < -0.3 is 14.7 Å². The van der Waals surface area contributed by atoms with Gasteiger partial charge in [-0.1, -0.05) is 6.07 Å². The molecule has 0 aliphatic carbocycles. The van der Waals surface area contributed by atoms with E-state index >= 15 is 0 Å². The first-order valence-corrected chi connectivity index (χ1v) is 9.28.